The van der Waals surface area contributed by atoms with E-state index < -0.39 is 10.0 Å². The first-order valence-corrected chi connectivity index (χ1v) is 10.9. The molecule has 1 aromatic rings. The predicted molar refractivity (Wildman–Crippen MR) is 97.9 cm³/mol. The molecule has 1 aromatic carbocycles. The summed E-state index contributed by atoms with van der Waals surface area (Å²) < 4.78 is 27.0. The van der Waals surface area contributed by atoms with E-state index in [4.69, 9.17) is 0 Å². The monoisotopic (exact) mass is 364 g/mol. The van der Waals surface area contributed by atoms with Gasteiger partial charge in [0, 0.05) is 17.6 Å². The molecule has 2 unspecified atom stereocenters. The van der Waals surface area contributed by atoms with Crippen molar-refractivity contribution in [2.24, 2.45) is 5.92 Å². The van der Waals surface area contributed by atoms with Gasteiger partial charge in [-0.25, -0.2) is 13.1 Å². The first-order valence-electron chi connectivity index (χ1n) is 9.43. The summed E-state index contributed by atoms with van der Waals surface area (Å²) in [6, 6.07) is 6.57. The van der Waals surface area contributed by atoms with Gasteiger partial charge < -0.3 is 5.32 Å². The number of benzene rings is 1. The summed E-state index contributed by atoms with van der Waals surface area (Å²) in [7, 11) is -3.46. The highest BCUT2D eigenvalue weighted by Gasteiger charge is 2.29. The summed E-state index contributed by atoms with van der Waals surface area (Å²) in [5.41, 5.74) is 0.520. The molecule has 138 valence electrons. The topological polar surface area (TPSA) is 75.3 Å². The Morgan fingerprint density at radius 2 is 1.84 bits per heavy atom. The van der Waals surface area contributed by atoms with E-state index in [1.54, 1.807) is 12.1 Å². The fourth-order valence-electron chi connectivity index (χ4n) is 3.56. The van der Waals surface area contributed by atoms with Crippen LogP contribution in [0.2, 0.25) is 0 Å². The molecule has 0 heterocycles. The van der Waals surface area contributed by atoms with Crippen LogP contribution in [0.4, 0.5) is 0 Å². The van der Waals surface area contributed by atoms with Crippen LogP contribution in [0, 0.1) is 5.92 Å². The molecule has 0 bridgehead atoms. The van der Waals surface area contributed by atoms with Crippen molar-refractivity contribution in [1.82, 2.24) is 10.0 Å². The Labute approximate surface area is 150 Å². The first kappa shape index (κ1) is 18.4. The zero-order valence-corrected chi connectivity index (χ0v) is 15.6. The van der Waals surface area contributed by atoms with E-state index >= 15 is 0 Å². The van der Waals surface area contributed by atoms with Crippen LogP contribution in [0.5, 0.6) is 0 Å². The van der Waals surface area contributed by atoms with Gasteiger partial charge in [0.25, 0.3) is 5.91 Å². The molecule has 0 aromatic heterocycles. The highest BCUT2D eigenvalue weighted by atomic mass is 32.2. The normalized spacial score (nSPS) is 23.6. The summed E-state index contributed by atoms with van der Waals surface area (Å²) in [5.74, 6) is 0.471. The summed E-state index contributed by atoms with van der Waals surface area (Å²) in [6.45, 7) is 2.19. The van der Waals surface area contributed by atoms with Gasteiger partial charge in [-0.3, -0.25) is 4.79 Å². The lowest BCUT2D eigenvalue weighted by Crippen LogP contribution is -2.37. The molecule has 6 heteroatoms. The van der Waals surface area contributed by atoms with E-state index in [0.29, 0.717) is 11.5 Å². The minimum absolute atomic E-state index is 0.0791. The molecule has 0 spiro atoms. The second kappa shape index (κ2) is 7.87. The van der Waals surface area contributed by atoms with Gasteiger partial charge in [0.2, 0.25) is 10.0 Å². The number of amides is 1. The molecule has 2 aliphatic rings. The lowest BCUT2D eigenvalue weighted by Gasteiger charge is -2.21. The van der Waals surface area contributed by atoms with Gasteiger partial charge in [-0.1, -0.05) is 26.2 Å². The number of rotatable bonds is 8. The summed E-state index contributed by atoms with van der Waals surface area (Å²) >= 11 is 0. The van der Waals surface area contributed by atoms with E-state index in [-0.39, 0.29) is 22.9 Å². The highest BCUT2D eigenvalue weighted by Crippen LogP contribution is 2.30. The molecule has 2 N–H and O–H groups in total. The zero-order valence-electron chi connectivity index (χ0n) is 14.8. The lowest BCUT2D eigenvalue weighted by atomic mass is 9.96. The molecule has 5 nitrogen and oxygen atoms in total. The molecular formula is C19H28N2O3S. The Kier molecular flexibility index (Phi) is 5.79. The van der Waals surface area contributed by atoms with Gasteiger partial charge in [0.15, 0.2) is 0 Å². The Bertz CT molecular complexity index is 696. The van der Waals surface area contributed by atoms with Crippen LogP contribution in [0.25, 0.3) is 0 Å². The van der Waals surface area contributed by atoms with Crippen molar-refractivity contribution in [3.8, 4) is 0 Å². The van der Waals surface area contributed by atoms with Crippen molar-refractivity contribution < 1.29 is 13.2 Å². The van der Waals surface area contributed by atoms with Crippen molar-refractivity contribution in [3.63, 3.8) is 0 Å². The number of carbonyl (C=O) groups is 1. The number of hydrogen-bond donors (Lipinski definition) is 2. The Morgan fingerprint density at radius 3 is 2.48 bits per heavy atom. The van der Waals surface area contributed by atoms with Crippen LogP contribution >= 0.6 is 0 Å². The molecule has 2 fully saturated rings. The molecule has 25 heavy (non-hydrogen) atoms. The van der Waals surface area contributed by atoms with Crippen molar-refractivity contribution >= 4 is 15.9 Å². The third-order valence-electron chi connectivity index (χ3n) is 5.23. The van der Waals surface area contributed by atoms with Gasteiger partial charge in [-0.2, -0.15) is 0 Å². The fraction of sp³-hybridized carbons (Fsp3) is 0.632. The minimum Gasteiger partial charge on any atom is -0.349 e. The molecule has 0 saturated heterocycles. The minimum atomic E-state index is -3.46. The average molecular weight is 365 g/mol. The van der Waals surface area contributed by atoms with Crippen molar-refractivity contribution in [2.45, 2.75) is 75.3 Å². The Hall–Kier alpha value is -1.40. The van der Waals surface area contributed by atoms with Crippen molar-refractivity contribution in [1.29, 1.82) is 0 Å². The van der Waals surface area contributed by atoms with Crippen LogP contribution in [0.15, 0.2) is 29.2 Å². The van der Waals surface area contributed by atoms with Crippen LogP contribution in [-0.4, -0.2) is 26.4 Å². The summed E-state index contributed by atoms with van der Waals surface area (Å²) in [5, 5.41) is 3.15. The predicted octanol–water partition coefficient (Wildman–Crippen LogP) is 3.22. The number of nitrogens with one attached hydrogen (secondary N) is 2. The first-order chi connectivity index (χ1) is 12.0. The standard InChI is InChI=1S/C19H28N2O3S/c1-2-3-5-14-6-4-7-18(14)20-19(22)15-8-12-17(13-9-15)25(23,24)21-16-10-11-16/h8-9,12-14,16,18,21H,2-7,10-11H2,1H3,(H,20,22). The van der Waals surface area contributed by atoms with E-state index in [0.717, 1.165) is 19.3 Å². The molecule has 3 rings (SSSR count). The van der Waals surface area contributed by atoms with Crippen molar-refractivity contribution in [2.75, 3.05) is 0 Å². The molecule has 2 atom stereocenters. The van der Waals surface area contributed by atoms with Gasteiger partial charge in [-0.05, 0) is 62.3 Å². The van der Waals surface area contributed by atoms with E-state index in [1.165, 1.54) is 44.2 Å². The maximum atomic E-state index is 12.5. The van der Waals surface area contributed by atoms with Gasteiger partial charge >= 0.3 is 0 Å². The number of hydrogen-bond acceptors (Lipinski definition) is 3. The second-order valence-corrected chi connectivity index (χ2v) is 9.05. The van der Waals surface area contributed by atoms with Gasteiger partial charge in [0.1, 0.15) is 0 Å². The molecule has 2 aliphatic carbocycles. The highest BCUT2D eigenvalue weighted by molar-refractivity contribution is 7.89. The number of carbonyl (C=O) groups excluding carboxylic acids is 1. The third kappa shape index (κ3) is 4.82. The Morgan fingerprint density at radius 1 is 1.12 bits per heavy atom. The van der Waals surface area contributed by atoms with Gasteiger partial charge in [-0.15, -0.1) is 0 Å². The van der Waals surface area contributed by atoms with E-state index in [9.17, 15) is 13.2 Å². The molecule has 1 amide bonds. The summed E-state index contributed by atoms with van der Waals surface area (Å²) in [6.07, 6.45) is 8.77. The molecular weight excluding hydrogens is 336 g/mol. The smallest absolute Gasteiger partial charge is 0.251 e. The quantitative estimate of drug-likeness (QED) is 0.744. The van der Waals surface area contributed by atoms with Crippen LogP contribution < -0.4 is 10.0 Å². The van der Waals surface area contributed by atoms with Crippen molar-refractivity contribution in [3.05, 3.63) is 29.8 Å². The maximum absolute atomic E-state index is 12.5. The van der Waals surface area contributed by atoms with Gasteiger partial charge in [0.05, 0.1) is 4.90 Å². The Balaban J connectivity index is 1.60. The van der Waals surface area contributed by atoms with Crippen LogP contribution in [0.1, 0.15) is 68.6 Å². The maximum Gasteiger partial charge on any atom is 0.251 e. The molecule has 0 radical (unpaired) electrons. The lowest BCUT2D eigenvalue weighted by molar-refractivity contribution is 0.0926. The second-order valence-electron chi connectivity index (χ2n) is 7.33. The number of unbranched alkanes of at least 4 members (excludes halogenated alkanes) is 1. The average Bonchev–Trinajstić information content (AvgIpc) is 3.29. The SMILES string of the molecule is CCCCC1CCCC1NC(=O)c1ccc(S(=O)(=O)NC2CC2)cc1. The molecule has 2 saturated carbocycles. The zero-order chi connectivity index (χ0) is 17.9. The number of sulfonamides is 1. The summed E-state index contributed by atoms with van der Waals surface area (Å²) in [4.78, 5) is 12.7. The third-order valence-corrected chi connectivity index (χ3v) is 6.77. The van der Waals surface area contributed by atoms with E-state index in [1.807, 2.05) is 0 Å². The fourth-order valence-corrected chi connectivity index (χ4v) is 4.87. The molecule has 0 aliphatic heterocycles. The van der Waals surface area contributed by atoms with Crippen LogP contribution in [-0.2, 0) is 10.0 Å². The largest absolute Gasteiger partial charge is 0.349 e. The van der Waals surface area contributed by atoms with E-state index in [2.05, 4.69) is 17.0 Å². The van der Waals surface area contributed by atoms with Crippen LogP contribution in [0.3, 0.4) is 0 Å².